The maximum Gasteiger partial charge on any atom is 0.119 e. The Morgan fingerprint density at radius 3 is 2.46 bits per heavy atom. The van der Waals surface area contributed by atoms with E-state index in [0.29, 0.717) is 0 Å². The summed E-state index contributed by atoms with van der Waals surface area (Å²) in [5, 5.41) is 6.97. The molecule has 0 aromatic heterocycles. The Hall–Kier alpha value is -2.33. The summed E-state index contributed by atoms with van der Waals surface area (Å²) in [4.78, 5) is 2.49. The van der Waals surface area contributed by atoms with E-state index in [0.717, 1.165) is 49.7 Å². The van der Waals surface area contributed by atoms with Crippen molar-refractivity contribution in [2.75, 3.05) is 33.3 Å². The van der Waals surface area contributed by atoms with Gasteiger partial charge in [0.25, 0.3) is 0 Å². The van der Waals surface area contributed by atoms with Gasteiger partial charge in [0, 0.05) is 38.3 Å². The minimum absolute atomic E-state index is 0.870. The Balaban J connectivity index is 1.56. The highest BCUT2D eigenvalue weighted by Gasteiger charge is 2.16. The van der Waals surface area contributed by atoms with E-state index in [-0.39, 0.29) is 0 Å². The molecule has 0 amide bonds. The highest BCUT2D eigenvalue weighted by Crippen LogP contribution is 2.14. The van der Waals surface area contributed by atoms with Gasteiger partial charge >= 0.3 is 0 Å². The number of benzene rings is 2. The minimum Gasteiger partial charge on any atom is -0.497 e. The van der Waals surface area contributed by atoms with E-state index in [2.05, 4.69) is 53.2 Å². The van der Waals surface area contributed by atoms with Crippen LogP contribution in [-0.4, -0.2) is 48.9 Å². The number of rotatable bonds is 5. The third kappa shape index (κ3) is 4.36. The van der Waals surface area contributed by atoms with Gasteiger partial charge in [-0.2, -0.15) is 5.10 Å². The van der Waals surface area contributed by atoms with Crippen LogP contribution in [0, 0.1) is 0 Å². The molecule has 1 fully saturated rings. The second-order valence-electron chi connectivity index (χ2n) is 6.13. The molecule has 1 aliphatic rings. The lowest BCUT2D eigenvalue weighted by Crippen LogP contribution is -2.43. The van der Waals surface area contributed by atoms with E-state index in [4.69, 9.17) is 9.84 Å². The second kappa shape index (κ2) is 7.97. The first kappa shape index (κ1) is 16.5. The Morgan fingerprint density at radius 2 is 1.75 bits per heavy atom. The van der Waals surface area contributed by atoms with E-state index in [1.807, 2.05) is 18.2 Å². The van der Waals surface area contributed by atoms with Crippen molar-refractivity contribution < 1.29 is 4.74 Å². The molecule has 0 aliphatic carbocycles. The predicted molar refractivity (Wildman–Crippen MR) is 98.5 cm³/mol. The molecule has 24 heavy (non-hydrogen) atoms. The average molecular weight is 323 g/mol. The lowest BCUT2D eigenvalue weighted by Gasteiger charge is -2.33. The normalized spacial score (nSPS) is 16.2. The molecule has 0 saturated carbocycles. The maximum absolute atomic E-state index is 5.29. The quantitative estimate of drug-likeness (QED) is 0.791. The van der Waals surface area contributed by atoms with E-state index in [1.165, 1.54) is 5.56 Å². The number of hydrogen-bond acceptors (Lipinski definition) is 4. The summed E-state index contributed by atoms with van der Waals surface area (Å²) in [5.41, 5.74) is 3.52. The third-order valence-corrected chi connectivity index (χ3v) is 4.38. The summed E-state index contributed by atoms with van der Waals surface area (Å²) in [6, 6.07) is 18.7. The fourth-order valence-electron chi connectivity index (χ4n) is 2.96. The maximum atomic E-state index is 5.29. The number of nitrogens with zero attached hydrogens (tertiary/aromatic N) is 3. The molecule has 2 aromatic carbocycles. The topological polar surface area (TPSA) is 28.1 Å². The van der Waals surface area contributed by atoms with Gasteiger partial charge in [-0.05, 0) is 24.6 Å². The van der Waals surface area contributed by atoms with Gasteiger partial charge in [-0.15, -0.1) is 0 Å². The summed E-state index contributed by atoms with van der Waals surface area (Å²) in [5.74, 6) is 0.870. The molecule has 0 unspecified atom stereocenters. The number of hydrazone groups is 1. The lowest BCUT2D eigenvalue weighted by molar-refractivity contribution is 0.130. The summed E-state index contributed by atoms with van der Waals surface area (Å²) in [6.07, 6.45) is 0. The minimum atomic E-state index is 0.870. The zero-order valence-electron chi connectivity index (χ0n) is 14.5. The van der Waals surface area contributed by atoms with Crippen LogP contribution in [0.1, 0.15) is 18.1 Å². The number of methoxy groups -OCH3 is 1. The van der Waals surface area contributed by atoms with E-state index < -0.39 is 0 Å². The molecule has 0 N–H and O–H groups in total. The summed E-state index contributed by atoms with van der Waals surface area (Å²) in [7, 11) is 1.69. The summed E-state index contributed by atoms with van der Waals surface area (Å²) < 4.78 is 5.29. The number of ether oxygens (including phenoxy) is 1. The van der Waals surface area contributed by atoms with Crippen molar-refractivity contribution >= 4 is 5.71 Å². The summed E-state index contributed by atoms with van der Waals surface area (Å²) >= 11 is 0. The second-order valence-corrected chi connectivity index (χ2v) is 6.13. The van der Waals surface area contributed by atoms with Crippen LogP contribution in [0.25, 0.3) is 0 Å². The summed E-state index contributed by atoms with van der Waals surface area (Å²) in [6.45, 7) is 7.11. The highest BCUT2D eigenvalue weighted by atomic mass is 16.5. The fourth-order valence-corrected chi connectivity index (χ4v) is 2.96. The molecular formula is C20H25N3O. The largest absolute Gasteiger partial charge is 0.497 e. The van der Waals surface area contributed by atoms with Gasteiger partial charge in [-0.25, -0.2) is 0 Å². The van der Waals surface area contributed by atoms with Crippen molar-refractivity contribution in [1.82, 2.24) is 9.91 Å². The first-order valence-corrected chi connectivity index (χ1v) is 8.45. The number of piperazine rings is 1. The zero-order valence-corrected chi connectivity index (χ0v) is 14.5. The Morgan fingerprint density at radius 1 is 1.00 bits per heavy atom. The van der Waals surface area contributed by atoms with Crippen LogP contribution in [-0.2, 0) is 6.54 Å². The average Bonchev–Trinajstić information content (AvgIpc) is 2.64. The van der Waals surface area contributed by atoms with Crippen LogP contribution in [0.4, 0.5) is 0 Å². The van der Waals surface area contributed by atoms with Crippen LogP contribution in [0.15, 0.2) is 59.7 Å². The standard InChI is InChI=1S/C20H25N3O/c1-17(19-9-6-10-20(15-19)24-2)21-23-13-11-22(12-14-23)16-18-7-4-3-5-8-18/h3-10,15H,11-14,16H2,1-2H3/b21-17-. The molecule has 4 nitrogen and oxygen atoms in total. The Labute approximate surface area is 144 Å². The molecule has 1 aliphatic heterocycles. The van der Waals surface area contributed by atoms with Gasteiger partial charge in [0.2, 0.25) is 0 Å². The van der Waals surface area contributed by atoms with Crippen LogP contribution in [0.5, 0.6) is 5.75 Å². The van der Waals surface area contributed by atoms with Gasteiger partial charge in [0.05, 0.1) is 12.8 Å². The van der Waals surface area contributed by atoms with Crippen LogP contribution >= 0.6 is 0 Å². The van der Waals surface area contributed by atoms with Gasteiger partial charge in [0.15, 0.2) is 0 Å². The molecule has 1 heterocycles. The van der Waals surface area contributed by atoms with E-state index in [9.17, 15) is 0 Å². The molecular weight excluding hydrogens is 298 g/mol. The molecule has 0 atom stereocenters. The van der Waals surface area contributed by atoms with Crippen molar-refractivity contribution in [2.45, 2.75) is 13.5 Å². The van der Waals surface area contributed by atoms with Crippen LogP contribution < -0.4 is 4.74 Å². The smallest absolute Gasteiger partial charge is 0.119 e. The third-order valence-electron chi connectivity index (χ3n) is 4.38. The fraction of sp³-hybridized carbons (Fsp3) is 0.350. The molecule has 0 bridgehead atoms. The molecule has 2 aromatic rings. The van der Waals surface area contributed by atoms with Gasteiger partial charge in [0.1, 0.15) is 5.75 Å². The van der Waals surface area contributed by atoms with Crippen LogP contribution in [0.3, 0.4) is 0 Å². The van der Waals surface area contributed by atoms with Crippen LogP contribution in [0.2, 0.25) is 0 Å². The predicted octanol–water partition coefficient (Wildman–Crippen LogP) is 3.24. The lowest BCUT2D eigenvalue weighted by atomic mass is 10.1. The van der Waals surface area contributed by atoms with Gasteiger partial charge < -0.3 is 4.74 Å². The molecule has 4 heteroatoms. The molecule has 3 rings (SSSR count). The van der Waals surface area contributed by atoms with Crippen molar-refractivity contribution in [3.05, 3.63) is 65.7 Å². The number of hydrogen-bond donors (Lipinski definition) is 0. The Kier molecular flexibility index (Phi) is 5.49. The molecule has 0 spiro atoms. The first-order chi connectivity index (χ1) is 11.7. The SMILES string of the molecule is COc1cccc(/C(C)=N\N2CCN(Cc3ccccc3)CC2)c1. The molecule has 1 saturated heterocycles. The van der Waals surface area contributed by atoms with Gasteiger partial charge in [-0.3, -0.25) is 9.91 Å². The zero-order chi connectivity index (χ0) is 16.8. The highest BCUT2D eigenvalue weighted by molar-refractivity contribution is 5.98. The monoisotopic (exact) mass is 323 g/mol. The van der Waals surface area contributed by atoms with E-state index >= 15 is 0 Å². The Bertz CT molecular complexity index is 676. The molecule has 0 radical (unpaired) electrons. The van der Waals surface area contributed by atoms with Crippen molar-refractivity contribution in [1.29, 1.82) is 0 Å². The van der Waals surface area contributed by atoms with Gasteiger partial charge in [-0.1, -0.05) is 42.5 Å². The van der Waals surface area contributed by atoms with Crippen molar-refractivity contribution in [3.63, 3.8) is 0 Å². The van der Waals surface area contributed by atoms with Crippen molar-refractivity contribution in [3.8, 4) is 5.75 Å². The first-order valence-electron chi connectivity index (χ1n) is 8.45. The van der Waals surface area contributed by atoms with E-state index in [1.54, 1.807) is 7.11 Å². The van der Waals surface area contributed by atoms with Crippen molar-refractivity contribution in [2.24, 2.45) is 5.10 Å². The molecule has 126 valence electrons.